The molecule has 1 aromatic rings. The summed E-state index contributed by atoms with van der Waals surface area (Å²) >= 11 is 0. The van der Waals surface area contributed by atoms with Gasteiger partial charge in [0.25, 0.3) is 0 Å². The highest BCUT2D eigenvalue weighted by molar-refractivity contribution is 5.60. The van der Waals surface area contributed by atoms with Crippen LogP contribution in [0, 0.1) is 29.3 Å². The van der Waals surface area contributed by atoms with Crippen molar-refractivity contribution in [1.29, 1.82) is 0 Å². The summed E-state index contributed by atoms with van der Waals surface area (Å²) < 4.78 is 40.8. The minimum Gasteiger partial charge on any atom is -0.204 e. The minimum absolute atomic E-state index is 0.335. The Kier molecular flexibility index (Phi) is 8.05. The fourth-order valence-corrected chi connectivity index (χ4v) is 5.04. The number of hydrogen-bond acceptors (Lipinski definition) is 0. The maximum Gasteiger partial charge on any atom is 0.194 e. The van der Waals surface area contributed by atoms with Crippen LogP contribution < -0.4 is 0 Å². The van der Waals surface area contributed by atoms with E-state index in [1.807, 2.05) is 6.08 Å². The molecule has 28 heavy (non-hydrogen) atoms. The standard InChI is InChI=1S/C25H35F3/c1-2-3-4-5-6-7-18-8-10-19(11-9-18)12-13-20-14-15-22-21(16-20)17-23(26)25(28)24(22)27/h16-19H,2-15H2,1H3. The lowest BCUT2D eigenvalue weighted by Crippen LogP contribution is -2.15. The largest absolute Gasteiger partial charge is 0.204 e. The Morgan fingerprint density at radius 2 is 1.50 bits per heavy atom. The van der Waals surface area contributed by atoms with Crippen molar-refractivity contribution in [2.24, 2.45) is 11.8 Å². The SMILES string of the molecule is CCCCCCCC1CCC(CCC2=Cc3cc(F)c(F)c(F)c3CC2)CC1. The number of halogens is 3. The number of allylic oxidation sites excluding steroid dienone is 1. The van der Waals surface area contributed by atoms with Crippen LogP contribution in [0.2, 0.25) is 0 Å². The van der Waals surface area contributed by atoms with E-state index in [4.69, 9.17) is 0 Å². The molecule has 3 heteroatoms. The average molecular weight is 393 g/mol. The molecule has 0 radical (unpaired) electrons. The zero-order chi connectivity index (χ0) is 19.9. The summed E-state index contributed by atoms with van der Waals surface area (Å²) in [5, 5.41) is 0. The summed E-state index contributed by atoms with van der Waals surface area (Å²) in [4.78, 5) is 0. The normalized spacial score (nSPS) is 22.1. The molecule has 0 unspecified atom stereocenters. The van der Waals surface area contributed by atoms with Gasteiger partial charge in [0.2, 0.25) is 0 Å². The summed E-state index contributed by atoms with van der Waals surface area (Å²) in [5.74, 6) is -1.70. The maximum atomic E-state index is 13.9. The molecule has 0 spiro atoms. The van der Waals surface area contributed by atoms with Gasteiger partial charge in [0.1, 0.15) is 0 Å². The van der Waals surface area contributed by atoms with E-state index < -0.39 is 17.5 Å². The molecule has 156 valence electrons. The van der Waals surface area contributed by atoms with Crippen molar-refractivity contribution in [3.8, 4) is 0 Å². The molecule has 0 bridgehead atoms. The van der Waals surface area contributed by atoms with Gasteiger partial charge >= 0.3 is 0 Å². The highest BCUT2D eigenvalue weighted by Crippen LogP contribution is 2.37. The minimum atomic E-state index is -1.34. The lowest BCUT2D eigenvalue weighted by molar-refractivity contribution is 0.248. The molecule has 3 rings (SSSR count). The van der Waals surface area contributed by atoms with Crippen LogP contribution in [0.4, 0.5) is 13.2 Å². The first-order valence-electron chi connectivity index (χ1n) is 11.4. The van der Waals surface area contributed by atoms with E-state index >= 15 is 0 Å². The van der Waals surface area contributed by atoms with Crippen molar-refractivity contribution in [3.63, 3.8) is 0 Å². The van der Waals surface area contributed by atoms with Gasteiger partial charge < -0.3 is 0 Å². The van der Waals surface area contributed by atoms with E-state index in [2.05, 4.69) is 6.92 Å². The predicted molar refractivity (Wildman–Crippen MR) is 111 cm³/mol. The smallest absolute Gasteiger partial charge is 0.194 e. The Labute approximate surface area is 168 Å². The van der Waals surface area contributed by atoms with E-state index in [-0.39, 0.29) is 0 Å². The Bertz CT molecular complexity index is 669. The van der Waals surface area contributed by atoms with E-state index in [1.165, 1.54) is 76.2 Å². The number of benzene rings is 1. The lowest BCUT2D eigenvalue weighted by Gasteiger charge is -2.29. The van der Waals surface area contributed by atoms with Crippen LogP contribution in [0.1, 0.15) is 102 Å². The van der Waals surface area contributed by atoms with E-state index in [9.17, 15) is 13.2 Å². The summed E-state index contributed by atoms with van der Waals surface area (Å²) in [5.41, 5.74) is 2.13. The van der Waals surface area contributed by atoms with Crippen LogP contribution in [0.15, 0.2) is 11.6 Å². The summed E-state index contributed by atoms with van der Waals surface area (Å²) in [6, 6.07) is 1.15. The van der Waals surface area contributed by atoms with Gasteiger partial charge in [0.15, 0.2) is 17.5 Å². The zero-order valence-corrected chi connectivity index (χ0v) is 17.3. The molecule has 2 aliphatic carbocycles. The summed E-state index contributed by atoms with van der Waals surface area (Å²) in [6.07, 6.45) is 19.0. The Morgan fingerprint density at radius 1 is 0.821 bits per heavy atom. The zero-order valence-electron chi connectivity index (χ0n) is 17.3. The third-order valence-electron chi connectivity index (χ3n) is 6.91. The second-order valence-corrected chi connectivity index (χ2v) is 8.99. The van der Waals surface area contributed by atoms with Crippen molar-refractivity contribution in [2.45, 2.75) is 96.8 Å². The van der Waals surface area contributed by atoms with Gasteiger partial charge in [-0.05, 0) is 54.7 Å². The van der Waals surface area contributed by atoms with Crippen LogP contribution in [0.3, 0.4) is 0 Å². The number of fused-ring (bicyclic) bond motifs is 1. The molecule has 0 saturated heterocycles. The number of unbranched alkanes of at least 4 members (excludes halogenated alkanes) is 4. The van der Waals surface area contributed by atoms with Gasteiger partial charge in [-0.1, -0.05) is 82.8 Å². The van der Waals surface area contributed by atoms with Crippen LogP contribution >= 0.6 is 0 Å². The molecule has 1 saturated carbocycles. The van der Waals surface area contributed by atoms with Crippen molar-refractivity contribution in [2.75, 3.05) is 0 Å². The second-order valence-electron chi connectivity index (χ2n) is 8.99. The summed E-state index contributed by atoms with van der Waals surface area (Å²) in [7, 11) is 0. The summed E-state index contributed by atoms with van der Waals surface area (Å²) in [6.45, 7) is 2.26. The lowest BCUT2D eigenvalue weighted by atomic mass is 9.77. The van der Waals surface area contributed by atoms with Crippen LogP contribution in [-0.2, 0) is 6.42 Å². The van der Waals surface area contributed by atoms with Crippen molar-refractivity contribution < 1.29 is 13.2 Å². The molecular weight excluding hydrogens is 357 g/mol. The monoisotopic (exact) mass is 392 g/mol. The van der Waals surface area contributed by atoms with E-state index in [1.54, 1.807) is 0 Å². The molecule has 0 heterocycles. The van der Waals surface area contributed by atoms with Crippen LogP contribution in [-0.4, -0.2) is 0 Å². The molecule has 0 atom stereocenters. The van der Waals surface area contributed by atoms with Crippen molar-refractivity contribution in [1.82, 2.24) is 0 Å². The van der Waals surface area contributed by atoms with Gasteiger partial charge in [0.05, 0.1) is 0 Å². The molecule has 0 nitrogen and oxygen atoms in total. The van der Waals surface area contributed by atoms with E-state index in [0.29, 0.717) is 17.5 Å². The highest BCUT2D eigenvalue weighted by Gasteiger charge is 2.23. The molecule has 0 aromatic heterocycles. The quantitative estimate of drug-likeness (QED) is 0.292. The van der Waals surface area contributed by atoms with Crippen molar-refractivity contribution >= 4 is 6.08 Å². The number of rotatable bonds is 9. The highest BCUT2D eigenvalue weighted by atomic mass is 19.2. The average Bonchev–Trinajstić information content (AvgIpc) is 2.71. The third-order valence-corrected chi connectivity index (χ3v) is 6.91. The Hall–Kier alpha value is -1.25. The molecule has 1 fully saturated rings. The molecule has 1 aromatic carbocycles. The topological polar surface area (TPSA) is 0 Å². The van der Waals surface area contributed by atoms with Gasteiger partial charge in [-0.25, -0.2) is 13.2 Å². The first-order valence-corrected chi connectivity index (χ1v) is 11.4. The van der Waals surface area contributed by atoms with E-state index in [0.717, 1.165) is 30.7 Å². The molecule has 0 amide bonds. The fourth-order valence-electron chi connectivity index (χ4n) is 5.04. The third kappa shape index (κ3) is 5.64. The first-order chi connectivity index (χ1) is 13.6. The molecule has 0 N–H and O–H groups in total. The van der Waals surface area contributed by atoms with Gasteiger partial charge in [0, 0.05) is 0 Å². The Balaban J connectivity index is 1.41. The van der Waals surface area contributed by atoms with Gasteiger partial charge in [-0.2, -0.15) is 0 Å². The second kappa shape index (κ2) is 10.5. The predicted octanol–water partition coefficient (Wildman–Crippen LogP) is 8.38. The Morgan fingerprint density at radius 3 is 2.21 bits per heavy atom. The molecule has 2 aliphatic rings. The number of hydrogen-bond donors (Lipinski definition) is 0. The van der Waals surface area contributed by atoms with Gasteiger partial charge in [-0.15, -0.1) is 0 Å². The van der Waals surface area contributed by atoms with Crippen molar-refractivity contribution in [3.05, 3.63) is 40.2 Å². The molecular formula is C25H35F3. The maximum absolute atomic E-state index is 13.9. The fraction of sp³-hybridized carbons (Fsp3) is 0.680. The first kappa shape index (κ1) is 21.5. The van der Waals surface area contributed by atoms with Crippen LogP contribution in [0.5, 0.6) is 0 Å². The van der Waals surface area contributed by atoms with Crippen LogP contribution in [0.25, 0.3) is 6.08 Å². The molecule has 0 aliphatic heterocycles. The van der Waals surface area contributed by atoms with Gasteiger partial charge in [-0.3, -0.25) is 0 Å².